The summed E-state index contributed by atoms with van der Waals surface area (Å²) in [6.45, 7) is 6.58. The topological polar surface area (TPSA) is 60.0 Å². The third-order valence-corrected chi connectivity index (χ3v) is 7.78. The maximum Gasteiger partial charge on any atom is 0.419 e. The maximum absolute atomic E-state index is 13.3. The number of nitrogens with two attached hydrogens (primary N) is 1. The van der Waals surface area contributed by atoms with Crippen molar-refractivity contribution in [2.45, 2.75) is 50.4 Å². The third kappa shape index (κ3) is 2.15. The lowest BCUT2D eigenvalue weighted by molar-refractivity contribution is -0.137. The number of rotatable bonds is 4. The van der Waals surface area contributed by atoms with E-state index in [2.05, 4.69) is 23.7 Å². The summed E-state index contributed by atoms with van der Waals surface area (Å²) >= 11 is 0. The van der Waals surface area contributed by atoms with Gasteiger partial charge in [-0.2, -0.15) is 18.3 Å². The monoisotopic (exact) mass is 403 g/mol. The Kier molecular flexibility index (Phi) is 3.26. The molecule has 5 atom stereocenters. The Morgan fingerprint density at radius 3 is 2.55 bits per heavy atom. The first-order valence-electron chi connectivity index (χ1n) is 10.4. The number of fused-ring (bicyclic) bond motifs is 1. The number of hydrogen-bond acceptors (Lipinski definition) is 4. The van der Waals surface area contributed by atoms with Crippen LogP contribution in [0.25, 0.3) is 11.3 Å². The molecule has 1 aliphatic heterocycles. The van der Waals surface area contributed by atoms with Gasteiger partial charge in [-0.1, -0.05) is 0 Å². The zero-order valence-electron chi connectivity index (χ0n) is 16.4. The Labute approximate surface area is 167 Å². The van der Waals surface area contributed by atoms with Crippen LogP contribution in [0.5, 0.6) is 0 Å². The third-order valence-electron chi connectivity index (χ3n) is 7.78. The molecular weight excluding hydrogens is 379 g/mol. The lowest BCUT2D eigenvalue weighted by Gasteiger charge is -2.36. The van der Waals surface area contributed by atoms with E-state index in [0.717, 1.165) is 17.9 Å². The molecule has 4 saturated carbocycles. The van der Waals surface area contributed by atoms with E-state index < -0.39 is 17.6 Å². The highest BCUT2D eigenvalue weighted by Crippen LogP contribution is 2.91. The van der Waals surface area contributed by atoms with Crippen molar-refractivity contribution in [2.75, 3.05) is 18.8 Å². The van der Waals surface area contributed by atoms with Gasteiger partial charge in [0, 0.05) is 35.0 Å². The van der Waals surface area contributed by atoms with Crippen molar-refractivity contribution < 1.29 is 13.2 Å². The van der Waals surface area contributed by atoms with Gasteiger partial charge >= 0.3 is 6.18 Å². The average Bonchev–Trinajstić information content (AvgIpc) is 3.17. The van der Waals surface area contributed by atoms with Gasteiger partial charge in [0.25, 0.3) is 0 Å². The largest absolute Gasteiger partial charge is 0.419 e. The molecule has 0 radical (unpaired) electrons. The summed E-state index contributed by atoms with van der Waals surface area (Å²) in [6, 6.07) is 3.93. The Bertz CT molecular complexity index is 1000. The number of halogens is 3. The minimum atomic E-state index is -4.53. The highest BCUT2D eigenvalue weighted by atomic mass is 19.4. The van der Waals surface area contributed by atoms with E-state index in [0.29, 0.717) is 23.2 Å². The number of anilines is 1. The van der Waals surface area contributed by atoms with Crippen molar-refractivity contribution in [1.82, 2.24) is 19.7 Å². The number of aromatic nitrogens is 3. The molecule has 1 saturated heterocycles. The van der Waals surface area contributed by atoms with Gasteiger partial charge in [0.1, 0.15) is 5.82 Å². The van der Waals surface area contributed by atoms with Crippen molar-refractivity contribution in [3.63, 3.8) is 0 Å². The van der Waals surface area contributed by atoms with Crippen LogP contribution in [0.3, 0.4) is 0 Å². The van der Waals surface area contributed by atoms with Gasteiger partial charge in [0.2, 0.25) is 0 Å². The van der Waals surface area contributed by atoms with Crippen LogP contribution in [0.15, 0.2) is 18.3 Å². The maximum atomic E-state index is 13.3. The van der Waals surface area contributed by atoms with E-state index in [1.807, 2.05) is 10.7 Å². The summed E-state index contributed by atoms with van der Waals surface area (Å²) in [7, 11) is 0. The molecule has 3 heterocycles. The van der Waals surface area contributed by atoms with Crippen LogP contribution < -0.4 is 5.73 Å². The van der Waals surface area contributed by atoms with E-state index in [9.17, 15) is 13.2 Å². The molecular formula is C21H24F3N5. The fourth-order valence-corrected chi connectivity index (χ4v) is 6.34. The number of hydrogen-bond donors (Lipinski definition) is 1. The number of pyridine rings is 1. The first kappa shape index (κ1) is 17.7. The smallest absolute Gasteiger partial charge is 0.383 e. The highest BCUT2D eigenvalue weighted by Gasteiger charge is 2.93. The minimum absolute atomic E-state index is 0.153. The molecule has 2 bridgehead atoms. The quantitative estimate of drug-likeness (QED) is 0.845. The van der Waals surface area contributed by atoms with E-state index >= 15 is 0 Å². The van der Waals surface area contributed by atoms with Crippen molar-refractivity contribution in [1.29, 1.82) is 0 Å². The summed E-state index contributed by atoms with van der Waals surface area (Å²) in [5.41, 5.74) is 6.91. The summed E-state index contributed by atoms with van der Waals surface area (Å²) in [5, 5.41) is 4.72. The van der Waals surface area contributed by atoms with Crippen molar-refractivity contribution in [3.8, 4) is 11.3 Å². The minimum Gasteiger partial charge on any atom is -0.383 e. The number of likely N-dealkylation sites (tertiary alicyclic amines) is 1. The molecule has 0 spiro atoms. The molecule has 0 amide bonds. The second-order valence-electron chi connectivity index (χ2n) is 9.39. The van der Waals surface area contributed by atoms with Crippen LogP contribution in [0.4, 0.5) is 19.0 Å². The first-order valence-corrected chi connectivity index (χ1v) is 10.4. The molecule has 2 aromatic heterocycles. The second-order valence-corrected chi connectivity index (χ2v) is 9.39. The van der Waals surface area contributed by atoms with Crippen molar-refractivity contribution >= 4 is 5.82 Å². The molecule has 5 nitrogen and oxygen atoms in total. The van der Waals surface area contributed by atoms with Gasteiger partial charge in [-0.25, -0.2) is 4.98 Å². The zero-order chi connectivity index (χ0) is 20.3. The van der Waals surface area contributed by atoms with Crippen molar-refractivity contribution in [2.24, 2.45) is 17.8 Å². The van der Waals surface area contributed by atoms with E-state index in [4.69, 9.17) is 10.8 Å². The average molecular weight is 403 g/mol. The zero-order valence-corrected chi connectivity index (χ0v) is 16.4. The van der Waals surface area contributed by atoms with E-state index in [1.54, 1.807) is 0 Å². The Hall–Kier alpha value is -2.09. The summed E-state index contributed by atoms with van der Waals surface area (Å²) in [6.07, 6.45) is -0.578. The normalized spacial score (nSPS) is 35.0. The summed E-state index contributed by atoms with van der Waals surface area (Å²) in [4.78, 5) is 6.41. The van der Waals surface area contributed by atoms with Gasteiger partial charge in [-0.05, 0) is 69.7 Å². The van der Waals surface area contributed by atoms with Crippen LogP contribution in [0.2, 0.25) is 0 Å². The predicted octanol–water partition coefficient (Wildman–Crippen LogP) is 3.72. The van der Waals surface area contributed by atoms with Gasteiger partial charge in [-0.3, -0.25) is 9.58 Å². The summed E-state index contributed by atoms with van der Waals surface area (Å²) < 4.78 is 41.9. The molecule has 0 aromatic carbocycles. The van der Waals surface area contributed by atoms with Crippen molar-refractivity contribution in [3.05, 3.63) is 29.6 Å². The molecule has 5 aliphatic rings. The lowest BCUT2D eigenvalue weighted by atomic mass is 9.99. The molecule has 2 N–H and O–H groups in total. The van der Waals surface area contributed by atoms with Gasteiger partial charge in [0.15, 0.2) is 0 Å². The van der Waals surface area contributed by atoms with Crippen LogP contribution >= 0.6 is 0 Å². The SMILES string of the molecule is CC(C)n1nc(-c2cnc(N)c(C(F)(F)F)c2)cc1[C@]12C3[C@@H](N4CCC4)C[C@@H]1[C@H]32. The number of alkyl halides is 3. The second kappa shape index (κ2) is 5.33. The Morgan fingerprint density at radius 2 is 1.97 bits per heavy atom. The Balaban J connectivity index is 1.38. The fraction of sp³-hybridized carbons (Fsp3) is 0.619. The molecule has 7 rings (SSSR count). The van der Waals surface area contributed by atoms with E-state index in [-0.39, 0.29) is 11.5 Å². The van der Waals surface area contributed by atoms with Gasteiger partial charge in [-0.15, -0.1) is 0 Å². The fourth-order valence-electron chi connectivity index (χ4n) is 6.34. The van der Waals surface area contributed by atoms with Crippen LogP contribution in [-0.2, 0) is 11.6 Å². The Morgan fingerprint density at radius 1 is 1.21 bits per heavy atom. The number of nitrogen functional groups attached to an aromatic ring is 1. The molecule has 2 aromatic rings. The van der Waals surface area contributed by atoms with Crippen LogP contribution in [0, 0.1) is 17.8 Å². The predicted molar refractivity (Wildman–Crippen MR) is 102 cm³/mol. The first-order chi connectivity index (χ1) is 13.7. The molecule has 1 unspecified atom stereocenters. The van der Waals surface area contributed by atoms with Crippen LogP contribution in [-0.4, -0.2) is 38.8 Å². The molecule has 5 fully saturated rings. The molecule has 29 heavy (non-hydrogen) atoms. The molecule has 8 heteroatoms. The van der Waals surface area contributed by atoms with Crippen LogP contribution in [0.1, 0.15) is 44.0 Å². The standard InChI is InChI=1S/C21H24F3N5/c1-10(2)29-16(20-12-7-15(18(20)17(12)20)28-4-3-5-28)8-14(27-29)11-6-13(21(22,23)24)19(25)26-9-11/h6,8-10,12,15,17-18H,3-5,7H2,1-2H3,(H2,25,26)/t12-,15+,17-,18?,20-/m1/s1. The highest BCUT2D eigenvalue weighted by molar-refractivity contribution is 5.65. The molecule has 154 valence electrons. The lowest BCUT2D eigenvalue weighted by Crippen LogP contribution is -2.45. The van der Waals surface area contributed by atoms with Gasteiger partial charge in [0.05, 0.1) is 11.3 Å². The van der Waals surface area contributed by atoms with E-state index in [1.165, 1.54) is 37.8 Å². The summed E-state index contributed by atoms with van der Waals surface area (Å²) in [5.74, 6) is 1.66. The van der Waals surface area contributed by atoms with Gasteiger partial charge < -0.3 is 5.73 Å². The molecule has 4 aliphatic carbocycles. The number of nitrogens with zero attached hydrogens (tertiary/aromatic N) is 4.